The number of hydrogen-bond acceptors (Lipinski definition) is 11. The highest BCUT2D eigenvalue weighted by molar-refractivity contribution is 6.31. The van der Waals surface area contributed by atoms with E-state index in [2.05, 4.69) is 25.3 Å². The van der Waals surface area contributed by atoms with Crippen molar-refractivity contribution in [2.45, 2.75) is 77.0 Å². The zero-order valence-electron chi connectivity index (χ0n) is 37.7. The number of aromatic nitrogens is 4. The molecular weight excluding hydrogens is 925 g/mol. The van der Waals surface area contributed by atoms with E-state index in [0.717, 1.165) is 36.9 Å². The van der Waals surface area contributed by atoms with Crippen molar-refractivity contribution in [2.24, 2.45) is 0 Å². The van der Waals surface area contributed by atoms with Crippen LogP contribution in [0.15, 0.2) is 97.6 Å². The molecule has 0 aliphatic carbocycles. The minimum absolute atomic E-state index is 0.0655. The molecule has 17 heteroatoms. The monoisotopic (exact) mass is 974 g/mol. The van der Waals surface area contributed by atoms with Crippen LogP contribution in [-0.2, 0) is 27.2 Å². The van der Waals surface area contributed by atoms with Crippen LogP contribution in [0.25, 0.3) is 22.3 Å². The third-order valence-corrected chi connectivity index (χ3v) is 11.4. The molecule has 4 aromatic carbocycles. The lowest BCUT2D eigenvalue weighted by molar-refractivity contribution is -0.157. The molecular formula is C50H51Cl3F2N6O6. The Morgan fingerprint density at radius 1 is 0.746 bits per heavy atom. The van der Waals surface area contributed by atoms with Gasteiger partial charge in [-0.3, -0.25) is 4.79 Å². The molecule has 2 aliphatic rings. The number of rotatable bonds is 11. The number of esters is 1. The molecule has 2 atom stereocenters. The number of carbonyl (C=O) groups excluding carboxylic acids is 1. The number of aliphatic carboxylic acids is 1. The van der Waals surface area contributed by atoms with Gasteiger partial charge in [0.15, 0.2) is 0 Å². The number of ether oxygens (including phenoxy) is 3. The summed E-state index contributed by atoms with van der Waals surface area (Å²) in [6, 6.07) is 20.1. The Morgan fingerprint density at radius 2 is 1.25 bits per heavy atom. The van der Waals surface area contributed by atoms with Crippen LogP contribution in [0.3, 0.4) is 0 Å². The molecule has 12 nitrogen and oxygen atoms in total. The van der Waals surface area contributed by atoms with Gasteiger partial charge >= 0.3 is 11.9 Å². The van der Waals surface area contributed by atoms with Gasteiger partial charge < -0.3 is 29.5 Å². The van der Waals surface area contributed by atoms with Crippen LogP contribution in [0.5, 0.6) is 11.5 Å². The topological polar surface area (TPSA) is 149 Å². The molecule has 352 valence electrons. The summed E-state index contributed by atoms with van der Waals surface area (Å²) >= 11 is 17.8. The Balaban J connectivity index is 0.000000182. The molecule has 0 bridgehead atoms. The van der Waals surface area contributed by atoms with Crippen molar-refractivity contribution < 1.29 is 37.7 Å². The highest BCUT2D eigenvalue weighted by atomic mass is 35.5. The number of nitrogens with zero attached hydrogens (tertiary/aromatic N) is 5. The summed E-state index contributed by atoms with van der Waals surface area (Å²) < 4.78 is 46.5. The second kappa shape index (κ2) is 23.2. The first-order chi connectivity index (χ1) is 32.0. The Labute approximate surface area is 403 Å². The summed E-state index contributed by atoms with van der Waals surface area (Å²) in [6.07, 6.45) is 10.4. The first kappa shape index (κ1) is 50.5. The van der Waals surface area contributed by atoms with E-state index in [4.69, 9.17) is 49.0 Å². The molecule has 2 fully saturated rings. The molecule has 2 aromatic heterocycles. The minimum atomic E-state index is -0.876. The van der Waals surface area contributed by atoms with E-state index in [0.29, 0.717) is 80.3 Å². The summed E-state index contributed by atoms with van der Waals surface area (Å²) in [6.45, 7) is 7.20. The average molecular weight is 976 g/mol. The van der Waals surface area contributed by atoms with Gasteiger partial charge in [-0.1, -0.05) is 59.6 Å². The molecule has 0 radical (unpaired) electrons. The number of benzene rings is 4. The predicted molar refractivity (Wildman–Crippen MR) is 256 cm³/mol. The molecule has 0 saturated carbocycles. The number of carboxylic acid groups (broad SMARTS) is 1. The van der Waals surface area contributed by atoms with E-state index in [9.17, 15) is 14.7 Å². The van der Waals surface area contributed by atoms with Gasteiger partial charge in [-0.15, -0.1) is 0 Å². The van der Waals surface area contributed by atoms with Gasteiger partial charge in [0.25, 0.3) is 0 Å². The fourth-order valence-electron chi connectivity index (χ4n) is 7.62. The molecule has 4 heterocycles. The predicted octanol–water partition coefficient (Wildman–Crippen LogP) is 10.9. The van der Waals surface area contributed by atoms with Crippen LogP contribution in [0.1, 0.15) is 68.7 Å². The summed E-state index contributed by atoms with van der Waals surface area (Å²) in [7, 11) is 3.01. The van der Waals surface area contributed by atoms with Crippen molar-refractivity contribution in [3.8, 4) is 33.8 Å². The van der Waals surface area contributed by atoms with Crippen molar-refractivity contribution in [1.82, 2.24) is 25.3 Å². The number of nitrogens with one attached hydrogen (secondary N) is 1. The van der Waals surface area contributed by atoms with Gasteiger partial charge in [-0.2, -0.15) is 0 Å². The average Bonchev–Trinajstić information content (AvgIpc) is 4.03. The zero-order chi connectivity index (χ0) is 48.3. The Hall–Kier alpha value is -5.93. The van der Waals surface area contributed by atoms with Crippen molar-refractivity contribution >= 4 is 52.7 Å². The summed E-state index contributed by atoms with van der Waals surface area (Å²) in [5, 5.41) is 13.7. The molecule has 0 amide bonds. The van der Waals surface area contributed by atoms with Gasteiger partial charge in [0.2, 0.25) is 11.2 Å². The number of methoxy groups -OCH3 is 2. The lowest BCUT2D eigenvalue weighted by atomic mass is 9.98. The zero-order valence-corrected chi connectivity index (χ0v) is 39.9. The third kappa shape index (κ3) is 13.6. The van der Waals surface area contributed by atoms with Gasteiger partial charge in [-0.05, 0) is 134 Å². The second-order valence-corrected chi connectivity index (χ2v) is 17.9. The van der Waals surface area contributed by atoms with E-state index >= 15 is 8.78 Å². The quantitative estimate of drug-likeness (QED) is 0.0940. The lowest BCUT2D eigenvalue weighted by Gasteiger charge is -2.21. The van der Waals surface area contributed by atoms with Crippen molar-refractivity contribution in [1.29, 1.82) is 0 Å². The maximum atomic E-state index is 15.5. The number of hydrogen-bond donors (Lipinski definition) is 2. The van der Waals surface area contributed by atoms with Gasteiger partial charge in [0, 0.05) is 54.2 Å². The molecule has 67 heavy (non-hydrogen) atoms. The maximum absolute atomic E-state index is 15.5. The third-order valence-electron chi connectivity index (χ3n) is 10.7. The first-order valence-corrected chi connectivity index (χ1v) is 22.6. The number of halogens is 5. The van der Waals surface area contributed by atoms with Crippen molar-refractivity contribution in [3.05, 3.63) is 147 Å². The number of anilines is 1. The van der Waals surface area contributed by atoms with Crippen LogP contribution in [0, 0.1) is 11.6 Å². The van der Waals surface area contributed by atoms with E-state index in [1.165, 1.54) is 14.2 Å². The first-order valence-electron chi connectivity index (χ1n) is 21.5. The van der Waals surface area contributed by atoms with Crippen LogP contribution < -0.4 is 19.7 Å². The summed E-state index contributed by atoms with van der Waals surface area (Å²) in [4.78, 5) is 41.0. The largest absolute Gasteiger partial charge is 0.496 e. The summed E-state index contributed by atoms with van der Waals surface area (Å²) in [5.74, 6) is -0.486. The van der Waals surface area contributed by atoms with Crippen LogP contribution in [0.4, 0.5) is 14.7 Å². The number of carbonyl (C=O) groups is 2. The smallest absolute Gasteiger partial charge is 0.326 e. The van der Waals surface area contributed by atoms with E-state index in [-0.39, 0.29) is 35.1 Å². The SMILES string of the molecule is CC(C)(C)OC(=O)C1CCCN1.COc1ccc(Cc2cnc(Cl)nc2)c(F)c1-c1cccc(Cl)c1.COc1ccc(Cc2cnc(N3CCCC3C(=O)O)nc2)c(F)c1-c1cccc(Cl)c1. The number of carboxylic acids is 1. The van der Waals surface area contributed by atoms with Gasteiger partial charge in [0.05, 0.1) is 25.3 Å². The Kier molecular flexibility index (Phi) is 17.5. The standard InChI is InChI=1S/C23H21ClFN3O3.C18H13Cl2FN2O.C9H17NO2/c1-31-19-8-7-16(21(25)20(19)15-4-2-5-17(24)11-15)10-14-12-26-23(27-13-14)28-9-3-6-18(28)22(29)30;1-24-15-6-5-13(7-11-9-22-18(20)23-10-11)17(21)16(15)12-3-2-4-14(19)8-12;1-9(2,3)12-8(11)7-5-4-6-10-7/h2,4-5,7-8,11-13,18H,3,6,9-10H2,1H3,(H,29,30);2-6,8-10H,7H2,1H3;7,10H,4-6H2,1-3H3. The maximum Gasteiger partial charge on any atom is 0.326 e. The van der Waals surface area contributed by atoms with Crippen LogP contribution >= 0.6 is 34.8 Å². The van der Waals surface area contributed by atoms with E-state index in [1.54, 1.807) is 102 Å². The molecule has 2 saturated heterocycles. The van der Waals surface area contributed by atoms with Crippen molar-refractivity contribution in [3.63, 3.8) is 0 Å². The lowest BCUT2D eigenvalue weighted by Crippen LogP contribution is -2.37. The van der Waals surface area contributed by atoms with Gasteiger partial charge in [0.1, 0.15) is 40.8 Å². The molecule has 2 unspecified atom stereocenters. The second-order valence-electron chi connectivity index (χ2n) is 16.7. The normalized spacial score (nSPS) is 15.5. The summed E-state index contributed by atoms with van der Waals surface area (Å²) in [5.41, 5.74) is 4.12. The fraction of sp³-hybridized carbons (Fsp3) is 0.320. The van der Waals surface area contributed by atoms with Crippen molar-refractivity contribution in [2.75, 3.05) is 32.2 Å². The van der Waals surface area contributed by atoms with Crippen LogP contribution in [-0.4, -0.2) is 82.0 Å². The Bertz CT molecular complexity index is 2650. The molecule has 2 N–H and O–H groups in total. The van der Waals surface area contributed by atoms with E-state index in [1.807, 2.05) is 20.8 Å². The minimum Gasteiger partial charge on any atom is -0.496 e. The van der Waals surface area contributed by atoms with E-state index < -0.39 is 17.8 Å². The Morgan fingerprint density at radius 3 is 1.69 bits per heavy atom. The molecule has 0 spiro atoms. The fourth-order valence-corrected chi connectivity index (χ4v) is 8.10. The van der Waals surface area contributed by atoms with Gasteiger partial charge in [-0.25, -0.2) is 33.5 Å². The van der Waals surface area contributed by atoms with Crippen LogP contribution in [0.2, 0.25) is 15.3 Å². The highest BCUT2D eigenvalue weighted by Crippen LogP contribution is 2.38. The molecule has 6 aromatic rings. The highest BCUT2D eigenvalue weighted by Gasteiger charge is 2.32. The molecule has 8 rings (SSSR count). The molecule has 2 aliphatic heterocycles.